The van der Waals surface area contributed by atoms with E-state index < -0.39 is 0 Å². The van der Waals surface area contributed by atoms with Crippen molar-refractivity contribution in [2.24, 2.45) is 5.92 Å². The zero-order chi connectivity index (χ0) is 13.8. The summed E-state index contributed by atoms with van der Waals surface area (Å²) in [5, 5.41) is 3.61. The Morgan fingerprint density at radius 2 is 2.11 bits per heavy atom. The fraction of sp³-hybridized carbons (Fsp3) is 0.533. The van der Waals surface area contributed by atoms with E-state index in [0.29, 0.717) is 12.0 Å². The van der Waals surface area contributed by atoms with Crippen LogP contribution < -0.4 is 5.32 Å². The quantitative estimate of drug-likeness (QED) is 0.927. The van der Waals surface area contributed by atoms with Gasteiger partial charge in [-0.15, -0.1) is 0 Å². The molecule has 1 saturated heterocycles. The molecule has 2 atom stereocenters. The minimum atomic E-state index is 0.193. The molecule has 1 amide bonds. The van der Waals surface area contributed by atoms with Crippen molar-refractivity contribution < 1.29 is 4.79 Å². The van der Waals surface area contributed by atoms with Crippen LogP contribution in [0.5, 0.6) is 0 Å². The van der Waals surface area contributed by atoms with Crippen LogP contribution in [0.2, 0.25) is 0 Å². The summed E-state index contributed by atoms with van der Waals surface area (Å²) in [6, 6.07) is 8.90. The molecule has 0 bridgehead atoms. The zero-order valence-corrected chi connectivity index (χ0v) is 13.1. The maximum atomic E-state index is 11.4. The van der Waals surface area contributed by atoms with E-state index in [1.165, 1.54) is 5.56 Å². The number of halogens is 1. The van der Waals surface area contributed by atoms with Crippen molar-refractivity contribution in [2.45, 2.75) is 32.9 Å². The molecule has 19 heavy (non-hydrogen) atoms. The summed E-state index contributed by atoms with van der Waals surface area (Å²) in [7, 11) is 0. The van der Waals surface area contributed by atoms with E-state index in [0.717, 1.165) is 30.5 Å². The fourth-order valence-electron chi connectivity index (χ4n) is 2.59. The summed E-state index contributed by atoms with van der Waals surface area (Å²) in [5.41, 5.74) is 1.30. The lowest BCUT2D eigenvalue weighted by Crippen LogP contribution is -2.49. The molecular weight excluding hydrogens is 304 g/mol. The highest BCUT2D eigenvalue weighted by Gasteiger charge is 2.26. The lowest BCUT2D eigenvalue weighted by atomic mass is 9.93. The second-order valence-corrected chi connectivity index (χ2v) is 6.26. The molecule has 0 saturated carbocycles. The smallest absolute Gasteiger partial charge is 0.219 e. The molecule has 0 unspecified atom stereocenters. The first kappa shape index (κ1) is 14.5. The topological polar surface area (TPSA) is 32.3 Å². The second-order valence-electron chi connectivity index (χ2n) is 5.34. The zero-order valence-electron chi connectivity index (χ0n) is 11.5. The lowest BCUT2D eigenvalue weighted by molar-refractivity contribution is -0.130. The average Bonchev–Trinajstić information content (AvgIpc) is 2.39. The van der Waals surface area contributed by atoms with Crippen LogP contribution >= 0.6 is 15.9 Å². The average molecular weight is 325 g/mol. The number of piperidine rings is 1. The minimum Gasteiger partial charge on any atom is -0.343 e. The molecule has 4 heteroatoms. The Morgan fingerprint density at radius 1 is 1.42 bits per heavy atom. The van der Waals surface area contributed by atoms with Gasteiger partial charge in [0.2, 0.25) is 5.91 Å². The van der Waals surface area contributed by atoms with E-state index in [2.05, 4.69) is 52.4 Å². The molecule has 1 aliphatic rings. The predicted molar refractivity (Wildman–Crippen MR) is 80.8 cm³/mol. The lowest BCUT2D eigenvalue weighted by Gasteiger charge is -2.37. The predicted octanol–water partition coefficient (Wildman–Crippen LogP) is 2.80. The van der Waals surface area contributed by atoms with Crippen molar-refractivity contribution in [2.75, 3.05) is 13.1 Å². The van der Waals surface area contributed by atoms with Gasteiger partial charge in [0.15, 0.2) is 0 Å². The molecule has 0 radical (unpaired) electrons. The molecule has 0 aromatic heterocycles. The Bertz CT molecular complexity index is 432. The summed E-state index contributed by atoms with van der Waals surface area (Å²) in [4.78, 5) is 13.3. The number of nitrogens with one attached hydrogen (secondary N) is 1. The highest BCUT2D eigenvalue weighted by molar-refractivity contribution is 9.10. The van der Waals surface area contributed by atoms with Crippen LogP contribution in [-0.2, 0) is 11.3 Å². The number of amides is 1. The monoisotopic (exact) mass is 324 g/mol. The Kier molecular flexibility index (Phi) is 4.99. The Hall–Kier alpha value is -0.870. The van der Waals surface area contributed by atoms with Gasteiger partial charge in [-0.05, 0) is 30.0 Å². The molecule has 1 N–H and O–H groups in total. The van der Waals surface area contributed by atoms with Crippen molar-refractivity contribution in [3.8, 4) is 0 Å². The van der Waals surface area contributed by atoms with Crippen LogP contribution in [0.4, 0.5) is 0 Å². The van der Waals surface area contributed by atoms with Crippen LogP contribution in [-0.4, -0.2) is 29.9 Å². The van der Waals surface area contributed by atoms with Crippen molar-refractivity contribution in [1.29, 1.82) is 0 Å². The molecule has 3 nitrogen and oxygen atoms in total. The SMILES string of the molecule is CC(=O)N1CC[C@H](NCc2ccc(Br)cc2)[C@@H](C)C1. The number of benzene rings is 1. The summed E-state index contributed by atoms with van der Waals surface area (Å²) < 4.78 is 1.11. The summed E-state index contributed by atoms with van der Waals surface area (Å²) in [5.74, 6) is 0.700. The molecule has 1 aromatic rings. The van der Waals surface area contributed by atoms with E-state index in [4.69, 9.17) is 0 Å². The molecule has 1 aliphatic heterocycles. The first-order valence-corrected chi connectivity index (χ1v) is 7.59. The third kappa shape index (κ3) is 4.05. The molecule has 0 aliphatic carbocycles. The van der Waals surface area contributed by atoms with Crippen molar-refractivity contribution in [3.63, 3.8) is 0 Å². The van der Waals surface area contributed by atoms with Gasteiger partial charge in [0.1, 0.15) is 0 Å². The Morgan fingerprint density at radius 3 is 2.68 bits per heavy atom. The van der Waals surface area contributed by atoms with Gasteiger partial charge in [-0.1, -0.05) is 35.0 Å². The maximum absolute atomic E-state index is 11.4. The van der Waals surface area contributed by atoms with Crippen LogP contribution in [0.15, 0.2) is 28.7 Å². The first-order chi connectivity index (χ1) is 9.06. The number of rotatable bonds is 3. The van der Waals surface area contributed by atoms with Gasteiger partial charge >= 0.3 is 0 Å². The van der Waals surface area contributed by atoms with E-state index in [1.807, 2.05) is 4.90 Å². The molecule has 2 rings (SSSR count). The van der Waals surface area contributed by atoms with E-state index in [9.17, 15) is 4.79 Å². The van der Waals surface area contributed by atoms with Gasteiger partial charge < -0.3 is 10.2 Å². The van der Waals surface area contributed by atoms with E-state index in [1.54, 1.807) is 6.92 Å². The van der Waals surface area contributed by atoms with Gasteiger partial charge in [0.25, 0.3) is 0 Å². The van der Waals surface area contributed by atoms with Gasteiger partial charge in [-0.25, -0.2) is 0 Å². The molecule has 0 spiro atoms. The molecular formula is C15H21BrN2O. The standard InChI is InChI=1S/C15H21BrN2O/c1-11-10-18(12(2)19)8-7-15(11)17-9-13-3-5-14(16)6-4-13/h3-6,11,15,17H,7-10H2,1-2H3/t11-,15-/m0/s1. The summed E-state index contributed by atoms with van der Waals surface area (Å²) in [6.45, 7) is 6.50. The normalized spacial score (nSPS) is 23.4. The van der Waals surface area contributed by atoms with Gasteiger partial charge in [0, 0.05) is 37.1 Å². The van der Waals surface area contributed by atoms with Crippen molar-refractivity contribution in [1.82, 2.24) is 10.2 Å². The molecule has 1 heterocycles. The molecule has 104 valence electrons. The summed E-state index contributed by atoms with van der Waals surface area (Å²) >= 11 is 3.44. The third-order valence-corrected chi connectivity index (χ3v) is 4.36. The highest BCUT2D eigenvalue weighted by atomic mass is 79.9. The Balaban J connectivity index is 1.84. The van der Waals surface area contributed by atoms with Crippen LogP contribution in [0.3, 0.4) is 0 Å². The maximum Gasteiger partial charge on any atom is 0.219 e. The molecule has 1 aromatic carbocycles. The van der Waals surface area contributed by atoms with Gasteiger partial charge in [-0.2, -0.15) is 0 Å². The Labute approximate surface area is 123 Å². The van der Waals surface area contributed by atoms with Crippen LogP contribution in [0.1, 0.15) is 25.8 Å². The third-order valence-electron chi connectivity index (χ3n) is 3.83. The number of hydrogen-bond acceptors (Lipinski definition) is 2. The van der Waals surface area contributed by atoms with Crippen LogP contribution in [0.25, 0.3) is 0 Å². The number of likely N-dealkylation sites (tertiary alicyclic amines) is 1. The number of carbonyl (C=O) groups excluding carboxylic acids is 1. The highest BCUT2D eigenvalue weighted by Crippen LogP contribution is 2.18. The summed E-state index contributed by atoms with van der Waals surface area (Å²) in [6.07, 6.45) is 1.04. The van der Waals surface area contributed by atoms with E-state index >= 15 is 0 Å². The number of hydrogen-bond donors (Lipinski definition) is 1. The van der Waals surface area contributed by atoms with Crippen molar-refractivity contribution >= 4 is 21.8 Å². The molecule has 1 fully saturated rings. The number of carbonyl (C=O) groups is 1. The van der Waals surface area contributed by atoms with E-state index in [-0.39, 0.29) is 5.91 Å². The van der Waals surface area contributed by atoms with Gasteiger partial charge in [-0.3, -0.25) is 4.79 Å². The second kappa shape index (κ2) is 6.53. The van der Waals surface area contributed by atoms with Gasteiger partial charge in [0.05, 0.1) is 0 Å². The van der Waals surface area contributed by atoms with Crippen LogP contribution in [0, 0.1) is 5.92 Å². The largest absolute Gasteiger partial charge is 0.343 e. The minimum absolute atomic E-state index is 0.193. The van der Waals surface area contributed by atoms with Crippen molar-refractivity contribution in [3.05, 3.63) is 34.3 Å². The fourth-order valence-corrected chi connectivity index (χ4v) is 2.85. The first-order valence-electron chi connectivity index (χ1n) is 6.79. The number of nitrogens with zero attached hydrogens (tertiary/aromatic N) is 1.